The molecule has 3 aromatic rings. The summed E-state index contributed by atoms with van der Waals surface area (Å²) in [6.07, 6.45) is 0. The molecule has 0 spiro atoms. The maximum atomic E-state index is 13.0. The molecule has 3 aromatic carbocycles. The fourth-order valence-electron chi connectivity index (χ4n) is 2.76. The van der Waals surface area contributed by atoms with Crippen LogP contribution in [0.15, 0.2) is 83.8 Å². The molecule has 3 rings (SSSR count). The second-order valence-electron chi connectivity index (χ2n) is 5.99. The van der Waals surface area contributed by atoms with E-state index in [1.165, 1.54) is 28.6 Å². The number of sulfonamides is 1. The average Bonchev–Trinajstić information content (AvgIpc) is 2.69. The van der Waals surface area contributed by atoms with E-state index in [1.807, 2.05) is 6.07 Å². The van der Waals surface area contributed by atoms with Gasteiger partial charge in [0.1, 0.15) is 0 Å². The van der Waals surface area contributed by atoms with Crippen LogP contribution in [-0.2, 0) is 10.0 Å². The Bertz CT molecular complexity index is 1070. The van der Waals surface area contributed by atoms with Gasteiger partial charge in [-0.3, -0.25) is 9.10 Å². The van der Waals surface area contributed by atoms with Crippen LogP contribution in [0.5, 0.6) is 0 Å². The molecule has 0 heterocycles. The van der Waals surface area contributed by atoms with Crippen molar-refractivity contribution < 1.29 is 13.2 Å². The Balaban J connectivity index is 1.82. The van der Waals surface area contributed by atoms with Crippen LogP contribution in [0.1, 0.15) is 17.3 Å². The van der Waals surface area contributed by atoms with Crippen molar-refractivity contribution in [3.8, 4) is 0 Å². The van der Waals surface area contributed by atoms with E-state index < -0.39 is 10.0 Å². The van der Waals surface area contributed by atoms with E-state index >= 15 is 0 Å². The number of benzene rings is 3. The first kappa shape index (κ1) is 19.9. The summed E-state index contributed by atoms with van der Waals surface area (Å²) in [4.78, 5) is 12.5. The average molecular weight is 415 g/mol. The molecule has 0 aromatic heterocycles. The predicted octanol–water partition coefficient (Wildman–Crippen LogP) is 4.81. The first-order chi connectivity index (χ1) is 13.4. The normalized spacial score (nSPS) is 11.1. The second kappa shape index (κ2) is 8.46. The van der Waals surface area contributed by atoms with Crippen LogP contribution in [0.25, 0.3) is 0 Å². The van der Waals surface area contributed by atoms with E-state index in [0.29, 0.717) is 28.5 Å². The van der Waals surface area contributed by atoms with Gasteiger partial charge in [-0.1, -0.05) is 35.9 Å². The van der Waals surface area contributed by atoms with Crippen LogP contribution in [0, 0.1) is 0 Å². The minimum Gasteiger partial charge on any atom is -0.322 e. The van der Waals surface area contributed by atoms with E-state index in [4.69, 9.17) is 11.6 Å². The topological polar surface area (TPSA) is 66.5 Å². The Morgan fingerprint density at radius 2 is 1.64 bits per heavy atom. The minimum atomic E-state index is -3.73. The molecule has 0 atom stereocenters. The number of halogens is 1. The maximum Gasteiger partial charge on any atom is 0.264 e. The fourth-order valence-corrected chi connectivity index (χ4v) is 4.42. The molecule has 0 radical (unpaired) electrons. The molecule has 0 unspecified atom stereocenters. The molecule has 0 fully saturated rings. The van der Waals surface area contributed by atoms with Gasteiger partial charge in [-0.05, 0) is 61.5 Å². The van der Waals surface area contributed by atoms with Gasteiger partial charge in [0.15, 0.2) is 0 Å². The van der Waals surface area contributed by atoms with Gasteiger partial charge in [0.2, 0.25) is 0 Å². The van der Waals surface area contributed by atoms with Gasteiger partial charge in [-0.25, -0.2) is 8.42 Å². The maximum absolute atomic E-state index is 13.0. The Hall–Kier alpha value is -2.83. The number of hydrogen-bond acceptors (Lipinski definition) is 3. The first-order valence-corrected chi connectivity index (χ1v) is 10.5. The smallest absolute Gasteiger partial charge is 0.264 e. The van der Waals surface area contributed by atoms with Gasteiger partial charge >= 0.3 is 0 Å². The van der Waals surface area contributed by atoms with Gasteiger partial charge in [0, 0.05) is 22.8 Å². The van der Waals surface area contributed by atoms with Crippen molar-refractivity contribution in [1.82, 2.24) is 0 Å². The highest BCUT2D eigenvalue weighted by Gasteiger charge is 2.23. The van der Waals surface area contributed by atoms with Gasteiger partial charge in [-0.2, -0.15) is 0 Å². The highest BCUT2D eigenvalue weighted by molar-refractivity contribution is 7.92. The molecule has 144 valence electrons. The number of carbonyl (C=O) groups is 1. The summed E-state index contributed by atoms with van der Waals surface area (Å²) in [7, 11) is -3.73. The number of para-hydroxylation sites is 1. The molecule has 0 bridgehead atoms. The van der Waals surface area contributed by atoms with Crippen LogP contribution in [0.2, 0.25) is 5.02 Å². The summed E-state index contributed by atoms with van der Waals surface area (Å²) in [5, 5.41) is 3.25. The molecule has 5 nitrogen and oxygen atoms in total. The Morgan fingerprint density at radius 3 is 2.25 bits per heavy atom. The lowest BCUT2D eigenvalue weighted by atomic mass is 10.2. The molecular formula is C21H19ClN2O3S. The molecule has 28 heavy (non-hydrogen) atoms. The first-order valence-electron chi connectivity index (χ1n) is 8.66. The number of rotatable bonds is 6. The predicted molar refractivity (Wildman–Crippen MR) is 112 cm³/mol. The lowest BCUT2D eigenvalue weighted by Crippen LogP contribution is -2.30. The Morgan fingerprint density at radius 1 is 0.964 bits per heavy atom. The van der Waals surface area contributed by atoms with E-state index in [-0.39, 0.29) is 10.8 Å². The summed E-state index contributed by atoms with van der Waals surface area (Å²) in [6.45, 7) is 2.07. The second-order valence-corrected chi connectivity index (χ2v) is 8.29. The number of hydrogen-bond donors (Lipinski definition) is 1. The van der Waals surface area contributed by atoms with Crippen molar-refractivity contribution in [3.05, 3.63) is 89.4 Å². The SMILES string of the molecule is CCN(c1ccccc1)S(=O)(=O)c1ccc(C(=O)Nc2cccc(Cl)c2)cc1. The number of anilines is 2. The summed E-state index contributed by atoms with van der Waals surface area (Å²) in [5.41, 5.74) is 1.50. The van der Waals surface area contributed by atoms with Crippen molar-refractivity contribution >= 4 is 38.9 Å². The molecule has 0 saturated heterocycles. The molecular weight excluding hydrogens is 396 g/mol. The summed E-state index contributed by atoms with van der Waals surface area (Å²) < 4.78 is 27.3. The third-order valence-electron chi connectivity index (χ3n) is 4.12. The van der Waals surface area contributed by atoms with Crippen molar-refractivity contribution in [2.24, 2.45) is 0 Å². The van der Waals surface area contributed by atoms with Gasteiger partial charge in [0.05, 0.1) is 10.6 Å². The third-order valence-corrected chi connectivity index (χ3v) is 6.27. The van der Waals surface area contributed by atoms with E-state index in [2.05, 4.69) is 5.32 Å². The summed E-state index contributed by atoms with van der Waals surface area (Å²) in [5.74, 6) is -0.346. The quantitative estimate of drug-likeness (QED) is 0.629. The van der Waals surface area contributed by atoms with E-state index in [9.17, 15) is 13.2 Å². The lowest BCUT2D eigenvalue weighted by molar-refractivity contribution is 0.102. The zero-order valence-electron chi connectivity index (χ0n) is 15.2. The zero-order chi connectivity index (χ0) is 20.1. The van der Waals surface area contributed by atoms with Gasteiger partial charge in [0.25, 0.3) is 15.9 Å². The van der Waals surface area contributed by atoms with E-state index in [0.717, 1.165) is 0 Å². The van der Waals surface area contributed by atoms with Crippen LogP contribution in [0.3, 0.4) is 0 Å². The van der Waals surface area contributed by atoms with Gasteiger partial charge < -0.3 is 5.32 Å². The minimum absolute atomic E-state index is 0.123. The number of amides is 1. The highest BCUT2D eigenvalue weighted by Crippen LogP contribution is 2.24. The van der Waals surface area contributed by atoms with Crippen LogP contribution >= 0.6 is 11.6 Å². The highest BCUT2D eigenvalue weighted by atomic mass is 35.5. The van der Waals surface area contributed by atoms with Gasteiger partial charge in [-0.15, -0.1) is 0 Å². The van der Waals surface area contributed by atoms with Crippen molar-refractivity contribution in [3.63, 3.8) is 0 Å². The monoisotopic (exact) mass is 414 g/mol. The Labute approximate surface area is 169 Å². The summed E-state index contributed by atoms with van der Waals surface area (Å²) >= 11 is 5.92. The molecule has 1 amide bonds. The van der Waals surface area contributed by atoms with Crippen LogP contribution in [-0.4, -0.2) is 20.9 Å². The molecule has 1 N–H and O–H groups in total. The fraction of sp³-hybridized carbons (Fsp3) is 0.0952. The van der Waals surface area contributed by atoms with E-state index in [1.54, 1.807) is 55.5 Å². The van der Waals surface area contributed by atoms with Crippen molar-refractivity contribution in [2.45, 2.75) is 11.8 Å². The standard InChI is InChI=1S/C21H19ClN2O3S/c1-2-24(19-9-4-3-5-10-19)28(26,27)20-13-11-16(12-14-20)21(25)23-18-8-6-7-17(22)15-18/h3-15H,2H2,1H3,(H,23,25). The van der Waals surface area contributed by atoms with Crippen molar-refractivity contribution in [2.75, 3.05) is 16.2 Å². The molecule has 0 aliphatic carbocycles. The number of carbonyl (C=O) groups excluding carboxylic acids is 1. The van der Waals surface area contributed by atoms with Crippen LogP contribution in [0.4, 0.5) is 11.4 Å². The lowest BCUT2D eigenvalue weighted by Gasteiger charge is -2.23. The molecule has 7 heteroatoms. The largest absolute Gasteiger partial charge is 0.322 e. The molecule has 0 saturated carbocycles. The Kier molecular flexibility index (Phi) is 6.02. The summed E-state index contributed by atoms with van der Waals surface area (Å²) in [6, 6.07) is 21.6. The number of nitrogens with one attached hydrogen (secondary N) is 1. The number of nitrogens with zero attached hydrogens (tertiary/aromatic N) is 1. The van der Waals surface area contributed by atoms with Crippen molar-refractivity contribution in [1.29, 1.82) is 0 Å². The van der Waals surface area contributed by atoms with Crippen LogP contribution < -0.4 is 9.62 Å². The molecule has 0 aliphatic heterocycles. The third kappa shape index (κ3) is 4.35. The molecule has 0 aliphatic rings. The zero-order valence-corrected chi connectivity index (χ0v) is 16.7.